The first kappa shape index (κ1) is 23.4. The summed E-state index contributed by atoms with van der Waals surface area (Å²) in [5, 5.41) is 3.05. The van der Waals surface area contributed by atoms with Gasteiger partial charge >= 0.3 is 0 Å². The molecule has 0 saturated carbocycles. The number of anilines is 1. The zero-order chi connectivity index (χ0) is 23.9. The van der Waals surface area contributed by atoms with Crippen LogP contribution in [0.5, 0.6) is 23.1 Å². The summed E-state index contributed by atoms with van der Waals surface area (Å²) in [6.45, 7) is 3.85. The van der Waals surface area contributed by atoms with Gasteiger partial charge in [0.05, 0.1) is 14.2 Å². The molecular weight excluding hydrogens is 432 g/mol. The molecule has 0 bridgehead atoms. The number of nitrogens with one attached hydrogen (secondary N) is 1. The first-order valence-corrected chi connectivity index (χ1v) is 11.4. The molecule has 1 fully saturated rings. The summed E-state index contributed by atoms with van der Waals surface area (Å²) in [4.78, 5) is 23.9. The van der Waals surface area contributed by atoms with Crippen LogP contribution in [0, 0.1) is 12.8 Å². The lowest BCUT2D eigenvalue weighted by Crippen LogP contribution is -2.40. The molecule has 0 unspecified atom stereocenters. The molecule has 1 saturated heterocycles. The smallest absolute Gasteiger partial charge is 0.263 e. The Bertz CT molecular complexity index is 1110. The van der Waals surface area contributed by atoms with Crippen molar-refractivity contribution in [1.82, 2.24) is 15.3 Å². The maximum Gasteiger partial charge on any atom is 0.263 e. The van der Waals surface area contributed by atoms with Crippen LogP contribution in [0.1, 0.15) is 24.0 Å². The normalized spacial score (nSPS) is 13.9. The van der Waals surface area contributed by atoms with Gasteiger partial charge in [0.15, 0.2) is 5.82 Å². The van der Waals surface area contributed by atoms with Crippen LogP contribution in [0.15, 0.2) is 54.9 Å². The highest BCUT2D eigenvalue weighted by molar-refractivity contribution is 5.79. The first-order valence-electron chi connectivity index (χ1n) is 11.4. The fourth-order valence-electron chi connectivity index (χ4n) is 4.05. The molecule has 1 aliphatic heterocycles. The SMILES string of the molecule is COc1cc(CNC(=O)C2CCN(c3nccnc3Oc3cccc(C)c3)CC2)cc(OC)c1. The lowest BCUT2D eigenvalue weighted by atomic mass is 9.96. The highest BCUT2D eigenvalue weighted by Crippen LogP contribution is 2.31. The van der Waals surface area contributed by atoms with Gasteiger partial charge in [-0.2, -0.15) is 0 Å². The van der Waals surface area contributed by atoms with E-state index in [1.54, 1.807) is 26.6 Å². The van der Waals surface area contributed by atoms with E-state index in [4.69, 9.17) is 14.2 Å². The maximum atomic E-state index is 12.8. The van der Waals surface area contributed by atoms with Crippen LogP contribution in [0.3, 0.4) is 0 Å². The van der Waals surface area contributed by atoms with Gasteiger partial charge in [-0.05, 0) is 55.2 Å². The van der Waals surface area contributed by atoms with Gasteiger partial charge in [-0.3, -0.25) is 4.79 Å². The van der Waals surface area contributed by atoms with Gasteiger partial charge in [-0.15, -0.1) is 0 Å². The average Bonchev–Trinajstić information content (AvgIpc) is 2.87. The third-order valence-corrected chi connectivity index (χ3v) is 5.89. The molecule has 2 heterocycles. The van der Waals surface area contributed by atoms with Gasteiger partial charge in [0.2, 0.25) is 5.91 Å². The summed E-state index contributed by atoms with van der Waals surface area (Å²) < 4.78 is 16.6. The van der Waals surface area contributed by atoms with E-state index in [-0.39, 0.29) is 11.8 Å². The number of amides is 1. The Morgan fingerprint density at radius 1 is 1.00 bits per heavy atom. The molecule has 4 rings (SSSR count). The number of ether oxygens (including phenoxy) is 3. The van der Waals surface area contributed by atoms with Gasteiger partial charge in [0, 0.05) is 44.0 Å². The van der Waals surface area contributed by atoms with Gasteiger partial charge < -0.3 is 24.4 Å². The Morgan fingerprint density at radius 2 is 1.71 bits per heavy atom. The van der Waals surface area contributed by atoms with Crippen LogP contribution in [0.4, 0.5) is 5.82 Å². The second kappa shape index (κ2) is 10.9. The van der Waals surface area contributed by atoms with Crippen LogP contribution in [0.2, 0.25) is 0 Å². The minimum absolute atomic E-state index is 0.0526. The monoisotopic (exact) mass is 462 g/mol. The van der Waals surface area contributed by atoms with E-state index in [9.17, 15) is 4.79 Å². The zero-order valence-electron chi connectivity index (χ0n) is 19.8. The second-order valence-corrected chi connectivity index (χ2v) is 8.30. The molecular formula is C26H30N4O4. The van der Waals surface area contributed by atoms with Crippen LogP contribution in [0.25, 0.3) is 0 Å². The van der Waals surface area contributed by atoms with Crippen molar-refractivity contribution in [3.63, 3.8) is 0 Å². The van der Waals surface area contributed by atoms with E-state index >= 15 is 0 Å². The Labute approximate surface area is 199 Å². The first-order chi connectivity index (χ1) is 16.6. The number of aromatic nitrogens is 2. The topological polar surface area (TPSA) is 85.8 Å². The molecule has 34 heavy (non-hydrogen) atoms. The molecule has 1 N–H and O–H groups in total. The molecule has 0 spiro atoms. The summed E-state index contributed by atoms with van der Waals surface area (Å²) in [5.41, 5.74) is 2.04. The van der Waals surface area contributed by atoms with Crippen molar-refractivity contribution < 1.29 is 19.0 Å². The van der Waals surface area contributed by atoms with Crippen LogP contribution in [-0.2, 0) is 11.3 Å². The molecule has 1 amide bonds. The van der Waals surface area contributed by atoms with Crippen molar-refractivity contribution >= 4 is 11.7 Å². The fraction of sp³-hybridized carbons (Fsp3) is 0.346. The van der Waals surface area contributed by atoms with Crippen molar-refractivity contribution in [2.24, 2.45) is 5.92 Å². The molecule has 3 aromatic rings. The van der Waals surface area contributed by atoms with E-state index in [0.29, 0.717) is 42.8 Å². The molecule has 0 radical (unpaired) electrons. The molecule has 1 aliphatic rings. The Kier molecular flexibility index (Phi) is 7.47. The minimum Gasteiger partial charge on any atom is -0.497 e. The van der Waals surface area contributed by atoms with Gasteiger partial charge in [-0.1, -0.05) is 12.1 Å². The number of rotatable bonds is 8. The Morgan fingerprint density at radius 3 is 2.38 bits per heavy atom. The number of aryl methyl sites for hydroxylation is 1. The third-order valence-electron chi connectivity index (χ3n) is 5.89. The number of piperidine rings is 1. The summed E-state index contributed by atoms with van der Waals surface area (Å²) in [5.74, 6) is 3.30. The number of benzene rings is 2. The van der Waals surface area contributed by atoms with Gasteiger partial charge in [0.25, 0.3) is 5.88 Å². The van der Waals surface area contributed by atoms with Crippen molar-refractivity contribution in [1.29, 1.82) is 0 Å². The number of nitrogens with zero attached hydrogens (tertiary/aromatic N) is 3. The molecule has 8 heteroatoms. The van der Waals surface area contributed by atoms with Gasteiger partial charge in [-0.25, -0.2) is 9.97 Å². The highest BCUT2D eigenvalue weighted by atomic mass is 16.5. The molecule has 8 nitrogen and oxygen atoms in total. The number of methoxy groups -OCH3 is 2. The lowest BCUT2D eigenvalue weighted by Gasteiger charge is -2.32. The number of carbonyl (C=O) groups excluding carboxylic acids is 1. The quantitative estimate of drug-likeness (QED) is 0.539. The summed E-state index contributed by atoms with van der Waals surface area (Å²) in [6.07, 6.45) is 4.75. The van der Waals surface area contributed by atoms with Crippen LogP contribution < -0.4 is 24.4 Å². The van der Waals surface area contributed by atoms with Crippen molar-refractivity contribution in [2.75, 3.05) is 32.2 Å². The number of carbonyl (C=O) groups is 1. The van der Waals surface area contributed by atoms with E-state index in [1.807, 2.05) is 49.4 Å². The largest absolute Gasteiger partial charge is 0.497 e. The lowest BCUT2D eigenvalue weighted by molar-refractivity contribution is -0.125. The fourth-order valence-corrected chi connectivity index (χ4v) is 4.05. The minimum atomic E-state index is -0.0541. The standard InChI is InChI=1S/C26H30N4O4/c1-18-5-4-6-21(13-18)34-26-24(27-9-10-28-26)30-11-7-20(8-12-30)25(31)29-17-19-14-22(32-2)16-23(15-19)33-3/h4-6,9-10,13-16,20H,7-8,11-12,17H2,1-3H3,(H,29,31). The molecule has 0 aliphatic carbocycles. The Balaban J connectivity index is 1.34. The van der Waals surface area contributed by atoms with Gasteiger partial charge in [0.1, 0.15) is 17.2 Å². The third kappa shape index (κ3) is 5.75. The van der Waals surface area contributed by atoms with Crippen molar-refractivity contribution in [3.8, 4) is 23.1 Å². The van der Waals surface area contributed by atoms with E-state index in [2.05, 4.69) is 20.2 Å². The van der Waals surface area contributed by atoms with E-state index in [0.717, 1.165) is 29.7 Å². The summed E-state index contributed by atoms with van der Waals surface area (Å²) in [7, 11) is 3.22. The van der Waals surface area contributed by atoms with Crippen molar-refractivity contribution in [3.05, 3.63) is 66.0 Å². The highest BCUT2D eigenvalue weighted by Gasteiger charge is 2.27. The van der Waals surface area contributed by atoms with E-state index < -0.39 is 0 Å². The second-order valence-electron chi connectivity index (χ2n) is 8.30. The van der Waals surface area contributed by atoms with Crippen LogP contribution >= 0.6 is 0 Å². The maximum absolute atomic E-state index is 12.8. The number of hydrogen-bond donors (Lipinski definition) is 1. The zero-order valence-corrected chi connectivity index (χ0v) is 19.8. The number of hydrogen-bond acceptors (Lipinski definition) is 7. The summed E-state index contributed by atoms with van der Waals surface area (Å²) in [6, 6.07) is 13.4. The predicted molar refractivity (Wildman–Crippen MR) is 130 cm³/mol. The average molecular weight is 463 g/mol. The molecule has 2 aromatic carbocycles. The Hall–Kier alpha value is -3.81. The van der Waals surface area contributed by atoms with Crippen molar-refractivity contribution in [2.45, 2.75) is 26.3 Å². The molecule has 1 aromatic heterocycles. The predicted octanol–water partition coefficient (Wildman–Crippen LogP) is 4.13. The van der Waals surface area contributed by atoms with Crippen LogP contribution in [-0.4, -0.2) is 43.2 Å². The molecule has 0 atom stereocenters. The molecule has 178 valence electrons. The summed E-state index contributed by atoms with van der Waals surface area (Å²) >= 11 is 0. The van der Waals surface area contributed by atoms with E-state index in [1.165, 1.54) is 0 Å².